The van der Waals surface area contributed by atoms with Crippen LogP contribution in [0.2, 0.25) is 0 Å². The summed E-state index contributed by atoms with van der Waals surface area (Å²) in [5, 5.41) is 15.3. The highest BCUT2D eigenvalue weighted by Crippen LogP contribution is 2.11. The predicted octanol–water partition coefficient (Wildman–Crippen LogP) is 1.27. The van der Waals surface area contributed by atoms with Crippen molar-refractivity contribution in [3.63, 3.8) is 0 Å². The van der Waals surface area contributed by atoms with Gasteiger partial charge < -0.3 is 20.5 Å². The van der Waals surface area contributed by atoms with Crippen LogP contribution in [0.4, 0.5) is 11.9 Å². The lowest BCUT2D eigenvalue weighted by atomic mass is 10.4. The first-order valence-corrected chi connectivity index (χ1v) is 6.70. The zero-order chi connectivity index (χ0) is 14.1. The number of aromatic nitrogens is 3. The largest absolute Gasteiger partial charge is 0.463 e. The molecule has 0 saturated carbocycles. The molecule has 1 aromatic rings. The van der Waals surface area contributed by atoms with Gasteiger partial charge in [0.05, 0.1) is 12.7 Å². The Hall–Kier alpha value is -1.63. The van der Waals surface area contributed by atoms with Crippen molar-refractivity contribution in [2.45, 2.75) is 39.7 Å². The molecular formula is C12H23N5O2. The molecular weight excluding hydrogens is 246 g/mol. The van der Waals surface area contributed by atoms with Crippen LogP contribution in [0, 0.1) is 0 Å². The predicted molar refractivity (Wildman–Crippen MR) is 74.6 cm³/mol. The Labute approximate surface area is 113 Å². The van der Waals surface area contributed by atoms with E-state index in [4.69, 9.17) is 4.74 Å². The molecule has 0 bridgehead atoms. The van der Waals surface area contributed by atoms with E-state index in [0.29, 0.717) is 31.1 Å². The highest BCUT2D eigenvalue weighted by molar-refractivity contribution is 5.35. The number of nitrogens with one attached hydrogen (secondary N) is 2. The van der Waals surface area contributed by atoms with Gasteiger partial charge >= 0.3 is 6.01 Å². The van der Waals surface area contributed by atoms with Crippen molar-refractivity contribution in [2.75, 3.05) is 30.3 Å². The average Bonchev–Trinajstić information content (AvgIpc) is 2.40. The van der Waals surface area contributed by atoms with Crippen molar-refractivity contribution in [1.29, 1.82) is 0 Å². The van der Waals surface area contributed by atoms with Gasteiger partial charge in [-0.05, 0) is 19.8 Å². The topological polar surface area (TPSA) is 92.2 Å². The smallest absolute Gasteiger partial charge is 0.323 e. The van der Waals surface area contributed by atoms with Crippen molar-refractivity contribution >= 4 is 11.9 Å². The minimum absolute atomic E-state index is 0.295. The SMILES string of the molecule is CCCNc1nc(NCC(C)O)nc(OCCC)n1. The van der Waals surface area contributed by atoms with Crippen molar-refractivity contribution in [3.05, 3.63) is 0 Å². The van der Waals surface area contributed by atoms with Crippen LogP contribution in [0.1, 0.15) is 33.6 Å². The molecule has 0 aliphatic rings. The van der Waals surface area contributed by atoms with Crippen LogP contribution in [0.3, 0.4) is 0 Å². The molecule has 1 heterocycles. The minimum atomic E-state index is -0.469. The average molecular weight is 269 g/mol. The second-order valence-corrected chi connectivity index (χ2v) is 4.27. The van der Waals surface area contributed by atoms with Crippen LogP contribution >= 0.6 is 0 Å². The van der Waals surface area contributed by atoms with Crippen molar-refractivity contribution in [1.82, 2.24) is 15.0 Å². The summed E-state index contributed by atoms with van der Waals surface area (Å²) in [4.78, 5) is 12.5. The molecule has 1 rings (SSSR count). The third kappa shape index (κ3) is 6.19. The van der Waals surface area contributed by atoms with Crippen molar-refractivity contribution in [3.8, 4) is 6.01 Å². The summed E-state index contributed by atoms with van der Waals surface area (Å²) in [7, 11) is 0. The molecule has 1 atom stereocenters. The van der Waals surface area contributed by atoms with Crippen molar-refractivity contribution < 1.29 is 9.84 Å². The van der Waals surface area contributed by atoms with Crippen molar-refractivity contribution in [2.24, 2.45) is 0 Å². The van der Waals surface area contributed by atoms with Gasteiger partial charge in [0.2, 0.25) is 11.9 Å². The van der Waals surface area contributed by atoms with Crippen LogP contribution in [0.5, 0.6) is 6.01 Å². The molecule has 3 N–H and O–H groups in total. The third-order valence-corrected chi connectivity index (χ3v) is 2.14. The van der Waals surface area contributed by atoms with Gasteiger partial charge in [0.1, 0.15) is 0 Å². The van der Waals surface area contributed by atoms with E-state index in [2.05, 4.69) is 32.5 Å². The number of aliphatic hydroxyl groups excluding tert-OH is 1. The van der Waals surface area contributed by atoms with E-state index in [1.54, 1.807) is 6.92 Å². The molecule has 0 radical (unpaired) electrons. The maximum Gasteiger partial charge on any atom is 0.323 e. The van der Waals surface area contributed by atoms with Crippen LogP contribution in [0.15, 0.2) is 0 Å². The summed E-state index contributed by atoms with van der Waals surface area (Å²) in [5.74, 6) is 0.886. The summed E-state index contributed by atoms with van der Waals surface area (Å²) in [6.07, 6.45) is 1.40. The second kappa shape index (κ2) is 8.47. The monoisotopic (exact) mass is 269 g/mol. The summed E-state index contributed by atoms with van der Waals surface area (Å²) in [5.41, 5.74) is 0. The van der Waals surface area contributed by atoms with Crippen LogP contribution in [0.25, 0.3) is 0 Å². The molecule has 0 spiro atoms. The number of ether oxygens (including phenoxy) is 1. The van der Waals surface area contributed by atoms with E-state index in [-0.39, 0.29) is 0 Å². The lowest BCUT2D eigenvalue weighted by Gasteiger charge is -2.10. The van der Waals surface area contributed by atoms with Gasteiger partial charge in [-0.1, -0.05) is 13.8 Å². The molecule has 0 aromatic carbocycles. The van der Waals surface area contributed by atoms with Gasteiger partial charge in [-0.25, -0.2) is 0 Å². The van der Waals surface area contributed by atoms with Crippen LogP contribution in [-0.2, 0) is 0 Å². The molecule has 0 aliphatic carbocycles. The number of nitrogens with zero attached hydrogens (tertiary/aromatic N) is 3. The molecule has 0 amide bonds. The summed E-state index contributed by atoms with van der Waals surface area (Å²) >= 11 is 0. The zero-order valence-corrected chi connectivity index (χ0v) is 11.8. The lowest BCUT2D eigenvalue weighted by molar-refractivity contribution is 0.208. The number of aliphatic hydroxyl groups is 1. The number of anilines is 2. The second-order valence-electron chi connectivity index (χ2n) is 4.27. The molecule has 1 aromatic heterocycles. The highest BCUT2D eigenvalue weighted by atomic mass is 16.5. The standard InChI is InChI=1S/C12H23N5O2/c1-4-6-13-10-15-11(14-8-9(3)18)17-12(16-10)19-7-5-2/h9,18H,4-8H2,1-3H3,(H2,13,14,15,16,17). The maximum atomic E-state index is 9.25. The number of hydrogen-bond acceptors (Lipinski definition) is 7. The van der Waals surface area contributed by atoms with E-state index in [1.165, 1.54) is 0 Å². The van der Waals surface area contributed by atoms with E-state index < -0.39 is 6.10 Å². The van der Waals surface area contributed by atoms with Gasteiger partial charge in [-0.2, -0.15) is 15.0 Å². The number of hydrogen-bond donors (Lipinski definition) is 3. The van der Waals surface area contributed by atoms with E-state index >= 15 is 0 Å². The molecule has 19 heavy (non-hydrogen) atoms. The fourth-order valence-corrected chi connectivity index (χ4v) is 1.25. The Bertz CT molecular complexity index is 347. The van der Waals surface area contributed by atoms with E-state index in [0.717, 1.165) is 19.4 Å². The van der Waals surface area contributed by atoms with Crippen LogP contribution in [-0.4, -0.2) is 45.9 Å². The van der Waals surface area contributed by atoms with Gasteiger partial charge in [0.25, 0.3) is 0 Å². The molecule has 108 valence electrons. The molecule has 1 unspecified atom stereocenters. The Balaban J connectivity index is 2.75. The van der Waals surface area contributed by atoms with Gasteiger partial charge in [0, 0.05) is 13.1 Å². The van der Waals surface area contributed by atoms with Gasteiger partial charge in [0.15, 0.2) is 0 Å². The maximum absolute atomic E-state index is 9.25. The van der Waals surface area contributed by atoms with Crippen LogP contribution < -0.4 is 15.4 Å². The Morgan fingerprint density at radius 1 is 1.11 bits per heavy atom. The minimum Gasteiger partial charge on any atom is -0.463 e. The first-order valence-electron chi connectivity index (χ1n) is 6.70. The van der Waals surface area contributed by atoms with Gasteiger partial charge in [-0.15, -0.1) is 0 Å². The fourth-order valence-electron chi connectivity index (χ4n) is 1.25. The molecule has 0 aliphatic heterocycles. The van der Waals surface area contributed by atoms with Gasteiger partial charge in [-0.3, -0.25) is 0 Å². The molecule has 7 nitrogen and oxygen atoms in total. The summed E-state index contributed by atoms with van der Waals surface area (Å²) in [6, 6.07) is 0.295. The normalized spacial score (nSPS) is 12.0. The lowest BCUT2D eigenvalue weighted by Crippen LogP contribution is -2.18. The Morgan fingerprint density at radius 2 is 1.79 bits per heavy atom. The quantitative estimate of drug-likeness (QED) is 0.621. The zero-order valence-electron chi connectivity index (χ0n) is 11.8. The molecule has 7 heteroatoms. The third-order valence-electron chi connectivity index (χ3n) is 2.14. The summed E-state index contributed by atoms with van der Waals surface area (Å²) < 4.78 is 5.42. The Morgan fingerprint density at radius 3 is 2.37 bits per heavy atom. The first-order chi connectivity index (χ1) is 9.15. The number of rotatable bonds is 9. The molecule has 0 fully saturated rings. The van der Waals surface area contributed by atoms with E-state index in [9.17, 15) is 5.11 Å². The first kappa shape index (κ1) is 15.4. The highest BCUT2D eigenvalue weighted by Gasteiger charge is 2.07. The summed E-state index contributed by atoms with van der Waals surface area (Å²) in [6.45, 7) is 7.50. The van der Waals surface area contributed by atoms with E-state index in [1.807, 2.05) is 6.92 Å². The Kier molecular flexibility index (Phi) is 6.88. The fraction of sp³-hybridized carbons (Fsp3) is 0.750. The molecule has 0 saturated heterocycles.